The number of hydrogen-bond donors (Lipinski definition) is 1. The maximum absolute atomic E-state index is 13.2. The second-order valence-corrected chi connectivity index (χ2v) is 10.1. The third-order valence-corrected chi connectivity index (χ3v) is 6.76. The van der Waals surface area contributed by atoms with Gasteiger partial charge < -0.3 is 15.0 Å². The van der Waals surface area contributed by atoms with Crippen LogP contribution in [-0.4, -0.2) is 35.4 Å². The first-order chi connectivity index (χ1) is 15.8. The van der Waals surface area contributed by atoms with Gasteiger partial charge in [0.25, 0.3) is 5.91 Å². The van der Waals surface area contributed by atoms with Gasteiger partial charge >= 0.3 is 0 Å². The predicted molar refractivity (Wildman–Crippen MR) is 135 cm³/mol. The average molecular weight is 515 g/mol. The van der Waals surface area contributed by atoms with Crippen LogP contribution in [0, 0.1) is 0 Å². The van der Waals surface area contributed by atoms with Crippen molar-refractivity contribution in [3.05, 3.63) is 64.1 Å². The van der Waals surface area contributed by atoms with Gasteiger partial charge in [0, 0.05) is 17.1 Å². The highest BCUT2D eigenvalue weighted by Gasteiger charge is 2.28. The molecule has 0 bridgehead atoms. The Balaban J connectivity index is 1.69. The predicted octanol–water partition coefficient (Wildman–Crippen LogP) is 5.82. The van der Waals surface area contributed by atoms with Crippen LogP contribution in [0.25, 0.3) is 0 Å². The lowest BCUT2D eigenvalue weighted by Crippen LogP contribution is -2.51. The van der Waals surface area contributed by atoms with Crippen molar-refractivity contribution in [3.8, 4) is 5.75 Å². The van der Waals surface area contributed by atoms with Crippen molar-refractivity contribution in [2.75, 3.05) is 6.61 Å². The molecule has 1 N–H and O–H groups in total. The van der Waals surface area contributed by atoms with Crippen molar-refractivity contribution in [2.24, 2.45) is 0 Å². The molecule has 3 rings (SSSR count). The molecule has 0 aliphatic heterocycles. The van der Waals surface area contributed by atoms with Crippen LogP contribution in [0.3, 0.4) is 0 Å². The summed E-state index contributed by atoms with van der Waals surface area (Å²) < 4.78 is 6.73. The van der Waals surface area contributed by atoms with E-state index in [1.54, 1.807) is 11.8 Å². The summed E-state index contributed by atoms with van der Waals surface area (Å²) in [7, 11) is 0. The first-order valence-electron chi connectivity index (χ1n) is 11.9. The molecule has 1 unspecified atom stereocenters. The van der Waals surface area contributed by atoms with Crippen LogP contribution in [0.1, 0.15) is 69.9 Å². The van der Waals surface area contributed by atoms with Crippen LogP contribution in [-0.2, 0) is 16.1 Å². The minimum absolute atomic E-state index is 0.105. The van der Waals surface area contributed by atoms with Crippen molar-refractivity contribution in [3.63, 3.8) is 0 Å². The number of nitrogens with one attached hydrogen (secondary N) is 1. The van der Waals surface area contributed by atoms with E-state index in [0.717, 1.165) is 35.7 Å². The second-order valence-electron chi connectivity index (χ2n) is 9.18. The van der Waals surface area contributed by atoms with Gasteiger partial charge in [-0.2, -0.15) is 0 Å². The molecule has 1 fully saturated rings. The summed E-state index contributed by atoms with van der Waals surface area (Å²) in [6.45, 7) is 6.30. The smallest absolute Gasteiger partial charge is 0.261 e. The number of rotatable bonds is 9. The molecule has 1 aliphatic rings. The summed E-state index contributed by atoms with van der Waals surface area (Å²) in [5, 5.41) is 3.16. The number of carbonyl (C=O) groups excluding carboxylic acids is 2. The van der Waals surface area contributed by atoms with Crippen LogP contribution < -0.4 is 10.1 Å². The molecular formula is C27H35BrN2O3. The third-order valence-electron chi connectivity index (χ3n) is 6.27. The fourth-order valence-corrected chi connectivity index (χ4v) is 4.61. The lowest BCUT2D eigenvalue weighted by atomic mass is 9.95. The fraction of sp³-hybridized carbons (Fsp3) is 0.481. The minimum Gasteiger partial charge on any atom is -0.484 e. The van der Waals surface area contributed by atoms with Crippen LogP contribution in [0.2, 0.25) is 0 Å². The van der Waals surface area contributed by atoms with E-state index in [4.69, 9.17) is 4.74 Å². The van der Waals surface area contributed by atoms with E-state index in [1.807, 2.05) is 48.5 Å². The van der Waals surface area contributed by atoms with E-state index in [-0.39, 0.29) is 24.5 Å². The first kappa shape index (κ1) is 25.3. The standard InChI is InChI=1S/C27H35BrN2O3/c1-19(2)22-12-14-25(15-13-22)33-18-26(31)30(17-21-8-7-9-23(28)16-21)20(3)27(32)29-24-10-5-4-6-11-24/h7-9,12-16,19-20,24H,4-6,10-11,17-18H2,1-3H3,(H,29,32). The van der Waals surface area contributed by atoms with E-state index in [2.05, 4.69) is 35.1 Å². The summed E-state index contributed by atoms with van der Waals surface area (Å²) >= 11 is 3.49. The molecule has 1 atom stereocenters. The Morgan fingerprint density at radius 2 is 1.76 bits per heavy atom. The lowest BCUT2D eigenvalue weighted by molar-refractivity contribution is -0.142. The van der Waals surface area contributed by atoms with Gasteiger partial charge in [-0.15, -0.1) is 0 Å². The molecular weight excluding hydrogens is 480 g/mol. The molecule has 1 saturated carbocycles. The fourth-order valence-electron chi connectivity index (χ4n) is 4.16. The number of hydrogen-bond acceptors (Lipinski definition) is 3. The number of benzene rings is 2. The maximum Gasteiger partial charge on any atom is 0.261 e. The van der Waals surface area contributed by atoms with Crippen LogP contribution in [0.15, 0.2) is 53.0 Å². The molecule has 33 heavy (non-hydrogen) atoms. The third kappa shape index (κ3) is 7.60. The maximum atomic E-state index is 13.2. The molecule has 2 aromatic rings. The molecule has 0 aromatic heterocycles. The van der Waals surface area contributed by atoms with E-state index < -0.39 is 6.04 Å². The van der Waals surface area contributed by atoms with E-state index in [1.165, 1.54) is 12.0 Å². The van der Waals surface area contributed by atoms with Gasteiger partial charge in [0.05, 0.1) is 0 Å². The van der Waals surface area contributed by atoms with Gasteiger partial charge in [0.1, 0.15) is 11.8 Å². The van der Waals surface area contributed by atoms with E-state index in [0.29, 0.717) is 18.2 Å². The van der Waals surface area contributed by atoms with E-state index in [9.17, 15) is 9.59 Å². The topological polar surface area (TPSA) is 58.6 Å². The molecule has 2 amide bonds. The summed E-state index contributed by atoms with van der Waals surface area (Å²) in [6.07, 6.45) is 5.53. The SMILES string of the molecule is CC(C)c1ccc(OCC(=O)N(Cc2cccc(Br)c2)C(C)C(=O)NC2CCCCC2)cc1. The van der Waals surface area contributed by atoms with Crippen LogP contribution in [0.5, 0.6) is 5.75 Å². The van der Waals surface area contributed by atoms with Crippen molar-refractivity contribution >= 4 is 27.7 Å². The van der Waals surface area contributed by atoms with Crippen LogP contribution >= 0.6 is 15.9 Å². The highest BCUT2D eigenvalue weighted by atomic mass is 79.9. The molecule has 0 saturated heterocycles. The zero-order valence-electron chi connectivity index (χ0n) is 19.9. The summed E-state index contributed by atoms with van der Waals surface area (Å²) in [5.41, 5.74) is 2.18. The Labute approximate surface area is 206 Å². The average Bonchev–Trinajstić information content (AvgIpc) is 2.81. The minimum atomic E-state index is -0.592. The summed E-state index contributed by atoms with van der Waals surface area (Å²) in [6, 6.07) is 15.2. The number of nitrogens with zero attached hydrogens (tertiary/aromatic N) is 1. The molecule has 2 aromatic carbocycles. The van der Waals surface area contributed by atoms with Crippen molar-refractivity contribution < 1.29 is 14.3 Å². The number of halogens is 1. The van der Waals surface area contributed by atoms with Gasteiger partial charge in [-0.05, 0) is 61.1 Å². The second kappa shape index (κ2) is 12.2. The monoisotopic (exact) mass is 514 g/mol. The Hall–Kier alpha value is -2.34. The zero-order chi connectivity index (χ0) is 23.8. The molecule has 5 nitrogen and oxygen atoms in total. The highest BCUT2D eigenvalue weighted by Crippen LogP contribution is 2.21. The Kier molecular flexibility index (Phi) is 9.36. The Morgan fingerprint density at radius 1 is 1.06 bits per heavy atom. The summed E-state index contributed by atoms with van der Waals surface area (Å²) in [4.78, 5) is 27.9. The zero-order valence-corrected chi connectivity index (χ0v) is 21.4. The van der Waals surface area contributed by atoms with Gasteiger partial charge in [0.2, 0.25) is 5.91 Å². The van der Waals surface area contributed by atoms with Gasteiger partial charge in [-0.3, -0.25) is 9.59 Å². The number of carbonyl (C=O) groups is 2. The number of amides is 2. The summed E-state index contributed by atoms with van der Waals surface area (Å²) in [5.74, 6) is 0.764. The highest BCUT2D eigenvalue weighted by molar-refractivity contribution is 9.10. The first-order valence-corrected chi connectivity index (χ1v) is 12.7. The molecule has 1 aliphatic carbocycles. The van der Waals surface area contributed by atoms with Gasteiger partial charge in [-0.25, -0.2) is 0 Å². The Morgan fingerprint density at radius 3 is 2.39 bits per heavy atom. The normalized spacial score (nSPS) is 15.2. The largest absolute Gasteiger partial charge is 0.484 e. The van der Waals surface area contributed by atoms with Gasteiger partial charge in [0.15, 0.2) is 6.61 Å². The lowest BCUT2D eigenvalue weighted by Gasteiger charge is -2.31. The molecule has 0 spiro atoms. The van der Waals surface area contributed by atoms with Crippen LogP contribution in [0.4, 0.5) is 0 Å². The van der Waals surface area contributed by atoms with Crippen molar-refractivity contribution in [2.45, 2.75) is 77.4 Å². The van der Waals surface area contributed by atoms with Crippen molar-refractivity contribution in [1.82, 2.24) is 10.2 Å². The number of ether oxygens (including phenoxy) is 1. The molecule has 178 valence electrons. The Bertz CT molecular complexity index is 923. The van der Waals surface area contributed by atoms with Crippen molar-refractivity contribution in [1.29, 1.82) is 0 Å². The molecule has 6 heteroatoms. The quantitative estimate of drug-likeness (QED) is 0.458. The molecule has 0 heterocycles. The van der Waals surface area contributed by atoms with E-state index >= 15 is 0 Å². The molecule has 0 radical (unpaired) electrons. The van der Waals surface area contributed by atoms with Gasteiger partial charge in [-0.1, -0.05) is 73.3 Å².